The number of nitrogens with one attached hydrogen (secondary N) is 3. The minimum absolute atomic E-state index is 0.0966. The van der Waals surface area contributed by atoms with Gasteiger partial charge in [0.05, 0.1) is 7.11 Å². The third-order valence-electron chi connectivity index (χ3n) is 5.11. The SMILES string of the molecule is COC(=O)C(NC(=O)c1cc(-c2ccc(NC(=O)Nc3c(F)cccc3F)c(C)c2)no1)C(C)C. The normalized spacial score (nSPS) is 11.6. The molecule has 2 aromatic carbocycles. The van der Waals surface area contributed by atoms with Crippen molar-refractivity contribution in [2.75, 3.05) is 17.7 Å². The topological polar surface area (TPSA) is 123 Å². The number of carbonyl (C=O) groups excluding carboxylic acids is 3. The Labute approximate surface area is 199 Å². The van der Waals surface area contributed by atoms with Crippen LogP contribution in [0.5, 0.6) is 0 Å². The lowest BCUT2D eigenvalue weighted by atomic mass is 10.0. The van der Waals surface area contributed by atoms with Gasteiger partial charge in [-0.25, -0.2) is 18.4 Å². The standard InChI is InChI=1S/C24H24F2N4O5/c1-12(2)20(23(32)34-4)28-22(31)19-11-18(30-35-19)14-8-9-17(13(3)10-14)27-24(33)29-21-15(25)6-5-7-16(21)26/h5-12,20H,1-4H3,(H,28,31)(H2,27,29,33). The summed E-state index contributed by atoms with van der Waals surface area (Å²) in [5.74, 6) is -3.30. The van der Waals surface area contributed by atoms with Crippen LogP contribution in [0.25, 0.3) is 11.3 Å². The summed E-state index contributed by atoms with van der Waals surface area (Å²) < 4.78 is 37.3. The number of methoxy groups -OCH3 is 1. The van der Waals surface area contributed by atoms with Gasteiger partial charge in [-0.1, -0.05) is 31.1 Å². The monoisotopic (exact) mass is 486 g/mol. The lowest BCUT2D eigenvalue weighted by Gasteiger charge is -2.18. The largest absolute Gasteiger partial charge is 0.467 e. The van der Waals surface area contributed by atoms with Crippen molar-refractivity contribution in [1.82, 2.24) is 10.5 Å². The van der Waals surface area contributed by atoms with E-state index in [1.54, 1.807) is 39.0 Å². The number of hydrogen-bond donors (Lipinski definition) is 3. The lowest BCUT2D eigenvalue weighted by molar-refractivity contribution is -0.144. The molecule has 0 radical (unpaired) electrons. The first kappa shape index (κ1) is 25.3. The molecular formula is C24H24F2N4O5. The summed E-state index contributed by atoms with van der Waals surface area (Å²) in [6.45, 7) is 5.23. The van der Waals surface area contributed by atoms with Crippen molar-refractivity contribution in [3.8, 4) is 11.3 Å². The molecule has 1 heterocycles. The van der Waals surface area contributed by atoms with Crippen molar-refractivity contribution in [2.45, 2.75) is 26.8 Å². The summed E-state index contributed by atoms with van der Waals surface area (Å²) in [6, 6.07) is 7.88. The van der Waals surface area contributed by atoms with E-state index in [1.807, 2.05) is 0 Å². The third kappa shape index (κ3) is 5.99. The minimum Gasteiger partial charge on any atom is -0.467 e. The van der Waals surface area contributed by atoms with Crippen LogP contribution in [0, 0.1) is 24.5 Å². The Morgan fingerprint density at radius 2 is 1.71 bits per heavy atom. The van der Waals surface area contributed by atoms with E-state index in [4.69, 9.17) is 9.26 Å². The summed E-state index contributed by atoms with van der Waals surface area (Å²) >= 11 is 0. The average molecular weight is 486 g/mol. The number of aromatic nitrogens is 1. The van der Waals surface area contributed by atoms with E-state index in [9.17, 15) is 23.2 Å². The molecule has 0 fully saturated rings. The Hall–Kier alpha value is -4.28. The highest BCUT2D eigenvalue weighted by Gasteiger charge is 2.27. The van der Waals surface area contributed by atoms with Gasteiger partial charge in [0.15, 0.2) is 0 Å². The first-order chi connectivity index (χ1) is 16.6. The molecule has 1 unspecified atom stereocenters. The van der Waals surface area contributed by atoms with E-state index < -0.39 is 41.3 Å². The van der Waals surface area contributed by atoms with Gasteiger partial charge in [0.2, 0.25) is 5.76 Å². The predicted molar refractivity (Wildman–Crippen MR) is 124 cm³/mol. The van der Waals surface area contributed by atoms with E-state index in [2.05, 4.69) is 21.1 Å². The molecule has 0 aliphatic rings. The second-order valence-corrected chi connectivity index (χ2v) is 8.00. The van der Waals surface area contributed by atoms with Crippen LogP contribution >= 0.6 is 0 Å². The van der Waals surface area contributed by atoms with Crippen molar-refractivity contribution in [1.29, 1.82) is 0 Å². The van der Waals surface area contributed by atoms with Gasteiger partial charge in [-0.15, -0.1) is 0 Å². The number of benzene rings is 2. The Morgan fingerprint density at radius 1 is 1.03 bits per heavy atom. The fraction of sp³-hybridized carbons (Fsp3) is 0.250. The molecule has 0 spiro atoms. The van der Waals surface area contributed by atoms with E-state index >= 15 is 0 Å². The Morgan fingerprint density at radius 3 is 2.31 bits per heavy atom. The van der Waals surface area contributed by atoms with Gasteiger partial charge in [0.1, 0.15) is 29.1 Å². The molecule has 35 heavy (non-hydrogen) atoms. The number of halogens is 2. The first-order valence-electron chi connectivity index (χ1n) is 10.6. The molecule has 3 rings (SSSR count). The first-order valence-corrected chi connectivity index (χ1v) is 10.6. The molecule has 0 aliphatic heterocycles. The number of aryl methyl sites for hydroxylation is 1. The number of amides is 3. The van der Waals surface area contributed by atoms with E-state index in [1.165, 1.54) is 19.2 Å². The van der Waals surface area contributed by atoms with Crippen molar-refractivity contribution in [3.63, 3.8) is 0 Å². The van der Waals surface area contributed by atoms with Gasteiger partial charge in [-0.2, -0.15) is 0 Å². The number of rotatable bonds is 7. The molecule has 9 nitrogen and oxygen atoms in total. The molecule has 3 aromatic rings. The van der Waals surface area contributed by atoms with Crippen LogP contribution in [0.3, 0.4) is 0 Å². The van der Waals surface area contributed by atoms with E-state index in [0.29, 0.717) is 22.5 Å². The molecule has 11 heteroatoms. The molecule has 184 valence electrons. The van der Waals surface area contributed by atoms with Crippen molar-refractivity contribution in [2.24, 2.45) is 5.92 Å². The number of ether oxygens (including phenoxy) is 1. The Bertz CT molecular complexity index is 1240. The maximum Gasteiger partial charge on any atom is 0.328 e. The number of urea groups is 1. The van der Waals surface area contributed by atoms with Crippen molar-refractivity contribution >= 4 is 29.3 Å². The molecule has 1 atom stereocenters. The number of carbonyl (C=O) groups is 3. The highest BCUT2D eigenvalue weighted by Crippen LogP contribution is 2.25. The van der Waals surface area contributed by atoms with Crippen molar-refractivity contribution in [3.05, 3.63) is 65.4 Å². The number of hydrogen-bond acceptors (Lipinski definition) is 6. The van der Waals surface area contributed by atoms with Crippen LogP contribution in [0.1, 0.15) is 30.0 Å². The molecule has 3 N–H and O–H groups in total. The summed E-state index contributed by atoms with van der Waals surface area (Å²) in [7, 11) is 1.24. The minimum atomic E-state index is -0.899. The molecule has 0 aliphatic carbocycles. The fourth-order valence-corrected chi connectivity index (χ4v) is 3.20. The smallest absolute Gasteiger partial charge is 0.328 e. The molecule has 1 aromatic heterocycles. The van der Waals surface area contributed by atoms with Crippen LogP contribution in [0.4, 0.5) is 25.0 Å². The molecule has 0 bridgehead atoms. The Kier molecular flexibility index (Phi) is 7.80. The zero-order valence-electron chi connectivity index (χ0n) is 19.4. The number of nitrogens with zero attached hydrogens (tertiary/aromatic N) is 1. The van der Waals surface area contributed by atoms with Crippen LogP contribution in [0.15, 0.2) is 47.0 Å². The second kappa shape index (κ2) is 10.8. The number of para-hydroxylation sites is 1. The van der Waals surface area contributed by atoms with Crippen LogP contribution in [-0.2, 0) is 9.53 Å². The zero-order chi connectivity index (χ0) is 25.7. The maximum atomic E-state index is 13.7. The number of anilines is 2. The van der Waals surface area contributed by atoms with Gasteiger partial charge in [-0.05, 0) is 42.7 Å². The molecule has 0 saturated carbocycles. The van der Waals surface area contributed by atoms with Gasteiger partial charge >= 0.3 is 12.0 Å². The summed E-state index contributed by atoms with van der Waals surface area (Å²) in [6.07, 6.45) is 0. The quantitative estimate of drug-likeness (QED) is 0.423. The summed E-state index contributed by atoms with van der Waals surface area (Å²) in [5, 5.41) is 11.1. The fourth-order valence-electron chi connectivity index (χ4n) is 3.20. The van der Waals surface area contributed by atoms with Gasteiger partial charge in [-0.3, -0.25) is 4.79 Å². The zero-order valence-corrected chi connectivity index (χ0v) is 19.4. The van der Waals surface area contributed by atoms with Gasteiger partial charge in [0.25, 0.3) is 5.91 Å². The average Bonchev–Trinajstić information content (AvgIpc) is 3.31. The van der Waals surface area contributed by atoms with Gasteiger partial charge < -0.3 is 25.2 Å². The molecular weight excluding hydrogens is 462 g/mol. The third-order valence-corrected chi connectivity index (χ3v) is 5.11. The van der Waals surface area contributed by atoms with Crippen LogP contribution < -0.4 is 16.0 Å². The summed E-state index contributed by atoms with van der Waals surface area (Å²) in [4.78, 5) is 36.6. The number of esters is 1. The second-order valence-electron chi connectivity index (χ2n) is 8.00. The van der Waals surface area contributed by atoms with Crippen LogP contribution in [0.2, 0.25) is 0 Å². The highest BCUT2D eigenvalue weighted by molar-refractivity contribution is 6.00. The lowest BCUT2D eigenvalue weighted by Crippen LogP contribution is -2.44. The molecule has 3 amide bonds. The Balaban J connectivity index is 1.70. The molecule has 0 saturated heterocycles. The highest BCUT2D eigenvalue weighted by atomic mass is 19.1. The maximum absolute atomic E-state index is 13.7. The van der Waals surface area contributed by atoms with Crippen LogP contribution in [-0.4, -0.2) is 36.2 Å². The van der Waals surface area contributed by atoms with E-state index in [-0.39, 0.29) is 11.7 Å². The van der Waals surface area contributed by atoms with Gasteiger partial charge in [0, 0.05) is 17.3 Å². The van der Waals surface area contributed by atoms with Crippen molar-refractivity contribution < 1.29 is 32.4 Å². The van der Waals surface area contributed by atoms with E-state index in [0.717, 1.165) is 12.1 Å². The predicted octanol–water partition coefficient (Wildman–Crippen LogP) is 4.50. The summed E-state index contributed by atoms with van der Waals surface area (Å²) in [5.41, 5.74) is 1.39.